The highest BCUT2D eigenvalue weighted by Crippen LogP contribution is 2.45. The average Bonchev–Trinajstić information content (AvgIpc) is 3.00. The van der Waals surface area contributed by atoms with Gasteiger partial charge in [-0.05, 0) is 150 Å². The smallest absolute Gasteiger partial charge is 0.204 e. The molecule has 4 fully saturated rings. The Balaban J connectivity index is 0.987. The average molecular weight is 545 g/mol. The zero-order valence-electron chi connectivity index (χ0n) is 24.1. The topological polar surface area (TPSA) is 27.7 Å². The molecule has 0 amide bonds. The second kappa shape index (κ2) is 13.8. The molecule has 0 N–H and O–H groups in total. The Bertz CT molecular complexity index is 903. The van der Waals surface area contributed by atoms with Gasteiger partial charge >= 0.3 is 0 Å². The molecule has 1 heterocycles. The third kappa shape index (κ3) is 7.18. The lowest BCUT2D eigenvalue weighted by atomic mass is 9.66. The SMILES string of the molecule is C=CC1CCC(C2CCC(C3CCC(C4CCC(COc5ccc(OCC)c(F)c5F)CC4)CC3)CO2)CC1. The molecule has 0 radical (unpaired) electrons. The van der Waals surface area contributed by atoms with Gasteiger partial charge in [-0.1, -0.05) is 6.08 Å². The van der Waals surface area contributed by atoms with Gasteiger partial charge in [-0.15, -0.1) is 6.58 Å². The van der Waals surface area contributed by atoms with Crippen molar-refractivity contribution in [3.63, 3.8) is 0 Å². The van der Waals surface area contributed by atoms with E-state index < -0.39 is 11.6 Å². The van der Waals surface area contributed by atoms with Gasteiger partial charge < -0.3 is 14.2 Å². The first kappa shape index (κ1) is 28.9. The highest BCUT2D eigenvalue weighted by molar-refractivity contribution is 5.35. The van der Waals surface area contributed by atoms with E-state index in [0.717, 1.165) is 55.0 Å². The van der Waals surface area contributed by atoms with Crippen molar-refractivity contribution in [3.05, 3.63) is 36.4 Å². The molecule has 0 aromatic heterocycles. The molecule has 2 unspecified atom stereocenters. The standard InChI is InChI=1S/C34H50F2O3/c1-3-23-5-11-28(12-6-23)30-18-17-29(22-39-30)27-15-13-26(14-16-27)25-9-7-24(8-10-25)21-38-32-20-19-31(37-4-2)33(35)34(32)36/h3,19-20,23-30H,1,4-18,21-22H2,2H3. The van der Waals surface area contributed by atoms with Crippen molar-refractivity contribution in [1.82, 2.24) is 0 Å². The molecule has 3 saturated carbocycles. The normalized spacial score (nSPS) is 35.8. The van der Waals surface area contributed by atoms with Crippen LogP contribution in [0.3, 0.4) is 0 Å². The van der Waals surface area contributed by atoms with Crippen LogP contribution in [-0.4, -0.2) is 25.9 Å². The molecule has 3 nitrogen and oxygen atoms in total. The van der Waals surface area contributed by atoms with E-state index >= 15 is 0 Å². The molecule has 0 bridgehead atoms. The summed E-state index contributed by atoms with van der Waals surface area (Å²) in [5.74, 6) is 3.27. The lowest BCUT2D eigenvalue weighted by Gasteiger charge is -2.43. The van der Waals surface area contributed by atoms with Crippen LogP contribution in [0.1, 0.15) is 96.8 Å². The predicted molar refractivity (Wildman–Crippen MR) is 152 cm³/mol. The van der Waals surface area contributed by atoms with Gasteiger partial charge in [0.2, 0.25) is 11.6 Å². The van der Waals surface area contributed by atoms with Crippen molar-refractivity contribution in [2.45, 2.75) is 103 Å². The number of allylic oxidation sites excluding steroid dienone is 1. The van der Waals surface area contributed by atoms with Crippen LogP contribution in [0.4, 0.5) is 8.78 Å². The van der Waals surface area contributed by atoms with Gasteiger partial charge in [-0.25, -0.2) is 0 Å². The first-order valence-electron chi connectivity index (χ1n) is 16.0. The maximum Gasteiger partial charge on any atom is 0.204 e. The minimum Gasteiger partial charge on any atom is -0.491 e. The summed E-state index contributed by atoms with van der Waals surface area (Å²) in [5, 5.41) is 0. The highest BCUT2D eigenvalue weighted by atomic mass is 19.2. The van der Waals surface area contributed by atoms with E-state index in [2.05, 4.69) is 12.7 Å². The molecule has 1 aromatic rings. The lowest BCUT2D eigenvalue weighted by Crippen LogP contribution is -2.37. The fraction of sp³-hybridized carbons (Fsp3) is 0.765. The molecular weight excluding hydrogens is 494 g/mol. The molecular formula is C34H50F2O3. The van der Waals surface area contributed by atoms with Gasteiger partial charge in [0.05, 0.1) is 25.9 Å². The Kier molecular flexibility index (Phi) is 10.2. The van der Waals surface area contributed by atoms with E-state index in [-0.39, 0.29) is 11.5 Å². The fourth-order valence-corrected chi connectivity index (χ4v) is 8.30. The minimum atomic E-state index is -0.959. The van der Waals surface area contributed by atoms with E-state index in [4.69, 9.17) is 14.2 Å². The van der Waals surface area contributed by atoms with E-state index in [1.54, 1.807) is 6.92 Å². The number of hydrogen-bond acceptors (Lipinski definition) is 3. The van der Waals surface area contributed by atoms with Crippen molar-refractivity contribution in [1.29, 1.82) is 0 Å². The van der Waals surface area contributed by atoms with Gasteiger partial charge in [-0.2, -0.15) is 8.78 Å². The van der Waals surface area contributed by atoms with Crippen LogP contribution in [0, 0.1) is 53.1 Å². The first-order chi connectivity index (χ1) is 19.1. The van der Waals surface area contributed by atoms with Gasteiger partial charge in [0.1, 0.15) is 0 Å². The number of ether oxygens (including phenoxy) is 3. The molecule has 3 aliphatic carbocycles. The Labute approximate surface area is 235 Å². The molecule has 1 aromatic carbocycles. The zero-order valence-corrected chi connectivity index (χ0v) is 24.1. The van der Waals surface area contributed by atoms with Crippen LogP contribution in [-0.2, 0) is 4.74 Å². The molecule has 39 heavy (non-hydrogen) atoms. The van der Waals surface area contributed by atoms with Crippen LogP contribution in [0.15, 0.2) is 24.8 Å². The van der Waals surface area contributed by atoms with Gasteiger partial charge in [-0.3, -0.25) is 0 Å². The van der Waals surface area contributed by atoms with Gasteiger partial charge in [0.25, 0.3) is 0 Å². The Morgan fingerprint density at radius 3 is 1.77 bits per heavy atom. The van der Waals surface area contributed by atoms with Crippen molar-refractivity contribution in [2.24, 2.45) is 41.4 Å². The van der Waals surface area contributed by atoms with Crippen LogP contribution in [0.5, 0.6) is 11.5 Å². The Hall–Kier alpha value is -1.62. The third-order valence-corrected chi connectivity index (χ3v) is 10.8. The first-order valence-corrected chi connectivity index (χ1v) is 16.0. The summed E-state index contributed by atoms with van der Waals surface area (Å²) >= 11 is 0. The minimum absolute atomic E-state index is 0.00511. The summed E-state index contributed by atoms with van der Waals surface area (Å²) in [6, 6.07) is 2.94. The highest BCUT2D eigenvalue weighted by Gasteiger charge is 2.37. The van der Waals surface area contributed by atoms with E-state index in [1.165, 1.54) is 89.2 Å². The maximum atomic E-state index is 14.3. The predicted octanol–water partition coefficient (Wildman–Crippen LogP) is 9.14. The summed E-state index contributed by atoms with van der Waals surface area (Å²) in [6.07, 6.45) is 20.8. The molecule has 4 aliphatic rings. The maximum absolute atomic E-state index is 14.3. The molecule has 5 heteroatoms. The van der Waals surface area contributed by atoms with Crippen molar-refractivity contribution >= 4 is 0 Å². The summed E-state index contributed by atoms with van der Waals surface area (Å²) in [5.41, 5.74) is 0. The second-order valence-electron chi connectivity index (χ2n) is 13.0. The molecule has 2 atom stereocenters. The molecule has 1 saturated heterocycles. The summed E-state index contributed by atoms with van der Waals surface area (Å²) < 4.78 is 45.9. The number of benzene rings is 1. The van der Waals surface area contributed by atoms with E-state index in [9.17, 15) is 8.78 Å². The molecule has 0 spiro atoms. The van der Waals surface area contributed by atoms with Crippen molar-refractivity contribution in [3.8, 4) is 11.5 Å². The van der Waals surface area contributed by atoms with Crippen molar-refractivity contribution in [2.75, 3.05) is 19.8 Å². The van der Waals surface area contributed by atoms with Gasteiger partial charge in [0, 0.05) is 0 Å². The van der Waals surface area contributed by atoms with Crippen LogP contribution >= 0.6 is 0 Å². The number of rotatable bonds is 9. The van der Waals surface area contributed by atoms with E-state index in [0.29, 0.717) is 25.2 Å². The third-order valence-electron chi connectivity index (χ3n) is 10.8. The fourth-order valence-electron chi connectivity index (χ4n) is 8.30. The largest absolute Gasteiger partial charge is 0.491 e. The Morgan fingerprint density at radius 1 is 0.718 bits per heavy atom. The summed E-state index contributed by atoms with van der Waals surface area (Å²) in [4.78, 5) is 0. The molecule has 5 rings (SSSR count). The molecule has 1 aliphatic heterocycles. The van der Waals surface area contributed by atoms with E-state index in [1.807, 2.05) is 0 Å². The number of hydrogen-bond donors (Lipinski definition) is 0. The van der Waals surface area contributed by atoms with Crippen LogP contribution in [0.25, 0.3) is 0 Å². The summed E-state index contributed by atoms with van der Waals surface area (Å²) in [6.45, 7) is 7.49. The van der Waals surface area contributed by atoms with Crippen LogP contribution < -0.4 is 9.47 Å². The Morgan fingerprint density at radius 2 is 1.23 bits per heavy atom. The zero-order chi connectivity index (χ0) is 27.2. The monoisotopic (exact) mass is 544 g/mol. The second-order valence-corrected chi connectivity index (χ2v) is 13.0. The quantitative estimate of drug-likeness (QED) is 0.290. The van der Waals surface area contributed by atoms with Crippen molar-refractivity contribution < 1.29 is 23.0 Å². The summed E-state index contributed by atoms with van der Waals surface area (Å²) in [7, 11) is 0. The number of halogens is 2. The van der Waals surface area contributed by atoms with Gasteiger partial charge in [0.15, 0.2) is 11.5 Å². The van der Waals surface area contributed by atoms with Crippen LogP contribution in [0.2, 0.25) is 0 Å². The molecule has 218 valence electrons. The lowest BCUT2D eigenvalue weighted by molar-refractivity contribution is -0.0739.